The van der Waals surface area contributed by atoms with E-state index in [0.29, 0.717) is 11.5 Å². The van der Waals surface area contributed by atoms with Crippen LogP contribution in [0.1, 0.15) is 11.1 Å². The normalized spacial score (nSPS) is 15.7. The highest BCUT2D eigenvalue weighted by Crippen LogP contribution is 2.31. The van der Waals surface area contributed by atoms with Crippen LogP contribution in [0.25, 0.3) is 16.8 Å². The van der Waals surface area contributed by atoms with Crippen LogP contribution in [0.2, 0.25) is 0 Å². The first-order valence-corrected chi connectivity index (χ1v) is 9.34. The van der Waals surface area contributed by atoms with Gasteiger partial charge in [0.2, 0.25) is 0 Å². The standard InChI is InChI=1S/C22H17NO3S/c1-23-21(24)20(27-22(23)25)13-15-7-10-19(11-8-15)26-14-16-6-9-17-4-2-3-5-18(17)12-16/h2-13H,14H2,1H3/b20-13-. The van der Waals surface area contributed by atoms with Gasteiger partial charge >= 0.3 is 0 Å². The third-order valence-electron chi connectivity index (χ3n) is 4.38. The molecule has 0 spiro atoms. The molecule has 1 aliphatic rings. The zero-order valence-corrected chi connectivity index (χ0v) is 15.5. The molecule has 4 nitrogen and oxygen atoms in total. The molecular weight excluding hydrogens is 358 g/mol. The van der Waals surface area contributed by atoms with Gasteiger partial charge in [0.05, 0.1) is 4.91 Å². The number of carbonyl (C=O) groups is 2. The minimum atomic E-state index is -0.262. The van der Waals surface area contributed by atoms with Crippen molar-refractivity contribution in [1.82, 2.24) is 4.90 Å². The minimum Gasteiger partial charge on any atom is -0.489 e. The number of thioether (sulfide) groups is 1. The fourth-order valence-corrected chi connectivity index (χ4v) is 3.68. The Morgan fingerprint density at radius 2 is 1.70 bits per heavy atom. The van der Waals surface area contributed by atoms with Gasteiger partial charge in [-0.15, -0.1) is 0 Å². The average Bonchev–Trinajstić information content (AvgIpc) is 2.94. The molecule has 27 heavy (non-hydrogen) atoms. The van der Waals surface area contributed by atoms with Gasteiger partial charge < -0.3 is 4.74 Å². The molecule has 3 aromatic carbocycles. The fraction of sp³-hybridized carbons (Fsp3) is 0.0909. The predicted octanol–water partition coefficient (Wildman–Crippen LogP) is 5.08. The number of hydrogen-bond donors (Lipinski definition) is 0. The lowest BCUT2D eigenvalue weighted by atomic mass is 10.1. The number of imide groups is 1. The summed E-state index contributed by atoms with van der Waals surface area (Å²) >= 11 is 0.957. The van der Waals surface area contributed by atoms with E-state index in [0.717, 1.165) is 33.5 Å². The lowest BCUT2D eigenvalue weighted by Crippen LogP contribution is -2.22. The quantitative estimate of drug-likeness (QED) is 0.596. The summed E-state index contributed by atoms with van der Waals surface area (Å²) in [6.45, 7) is 0.485. The summed E-state index contributed by atoms with van der Waals surface area (Å²) in [6, 6.07) is 22.0. The van der Waals surface area contributed by atoms with Gasteiger partial charge in [-0.3, -0.25) is 14.5 Å². The molecule has 1 aliphatic heterocycles. The Hall–Kier alpha value is -3.05. The van der Waals surface area contributed by atoms with E-state index in [4.69, 9.17) is 4.74 Å². The number of rotatable bonds is 4. The topological polar surface area (TPSA) is 46.6 Å². The van der Waals surface area contributed by atoms with Gasteiger partial charge in [0.1, 0.15) is 12.4 Å². The predicted molar refractivity (Wildman–Crippen MR) is 108 cm³/mol. The molecule has 0 radical (unpaired) electrons. The van der Waals surface area contributed by atoms with Crippen LogP contribution in [0.15, 0.2) is 71.6 Å². The number of likely N-dealkylation sites (N-methyl/N-ethyl adjacent to an activating group) is 1. The first-order chi connectivity index (χ1) is 13.1. The third-order valence-corrected chi connectivity index (χ3v) is 5.34. The van der Waals surface area contributed by atoms with Crippen LogP contribution < -0.4 is 4.74 Å². The molecule has 4 rings (SSSR count). The summed E-state index contributed by atoms with van der Waals surface area (Å²) in [4.78, 5) is 25.0. The summed E-state index contributed by atoms with van der Waals surface area (Å²) in [7, 11) is 1.49. The average molecular weight is 375 g/mol. The van der Waals surface area contributed by atoms with Crippen molar-refractivity contribution in [3.63, 3.8) is 0 Å². The number of carbonyl (C=O) groups excluding carboxylic acids is 2. The minimum absolute atomic E-state index is 0.249. The second-order valence-corrected chi connectivity index (χ2v) is 7.27. The van der Waals surface area contributed by atoms with Gasteiger partial charge in [0.25, 0.3) is 11.1 Å². The van der Waals surface area contributed by atoms with Crippen molar-refractivity contribution in [1.29, 1.82) is 0 Å². The first-order valence-electron chi connectivity index (χ1n) is 8.52. The highest BCUT2D eigenvalue weighted by atomic mass is 32.2. The van der Waals surface area contributed by atoms with Crippen molar-refractivity contribution < 1.29 is 14.3 Å². The Balaban J connectivity index is 1.43. The zero-order valence-electron chi connectivity index (χ0n) is 14.7. The van der Waals surface area contributed by atoms with E-state index in [1.807, 2.05) is 36.4 Å². The molecular formula is C22H17NO3S. The molecule has 0 bridgehead atoms. The van der Waals surface area contributed by atoms with Gasteiger partial charge in [-0.1, -0.05) is 48.5 Å². The Morgan fingerprint density at radius 1 is 0.963 bits per heavy atom. The molecule has 5 heteroatoms. The fourth-order valence-electron chi connectivity index (χ4n) is 2.85. The monoisotopic (exact) mass is 375 g/mol. The van der Waals surface area contributed by atoms with E-state index >= 15 is 0 Å². The number of nitrogens with zero attached hydrogens (tertiary/aromatic N) is 1. The Bertz CT molecular complexity index is 1060. The van der Waals surface area contributed by atoms with Crippen molar-refractivity contribution in [3.8, 4) is 5.75 Å². The Morgan fingerprint density at radius 3 is 2.41 bits per heavy atom. The lowest BCUT2D eigenvalue weighted by Gasteiger charge is -2.08. The maximum absolute atomic E-state index is 11.9. The second kappa shape index (κ2) is 7.29. The summed E-state index contributed by atoms with van der Waals surface area (Å²) in [6.07, 6.45) is 1.72. The first kappa shape index (κ1) is 17.4. The number of fused-ring (bicyclic) bond motifs is 1. The van der Waals surface area contributed by atoms with Crippen LogP contribution in [0.4, 0.5) is 4.79 Å². The van der Waals surface area contributed by atoms with Crippen molar-refractivity contribution >= 4 is 39.8 Å². The van der Waals surface area contributed by atoms with Gasteiger partial charge in [0, 0.05) is 7.05 Å². The van der Waals surface area contributed by atoms with Gasteiger partial charge in [-0.05, 0) is 57.9 Å². The molecule has 0 atom stereocenters. The Labute approximate surface area is 161 Å². The van der Waals surface area contributed by atoms with E-state index in [9.17, 15) is 9.59 Å². The van der Waals surface area contributed by atoms with Crippen LogP contribution in [-0.2, 0) is 11.4 Å². The lowest BCUT2D eigenvalue weighted by molar-refractivity contribution is -0.121. The molecule has 0 unspecified atom stereocenters. The van der Waals surface area contributed by atoms with Gasteiger partial charge in [-0.2, -0.15) is 0 Å². The third kappa shape index (κ3) is 3.73. The van der Waals surface area contributed by atoms with E-state index in [1.165, 1.54) is 17.8 Å². The molecule has 1 saturated heterocycles. The molecule has 0 aromatic heterocycles. The SMILES string of the molecule is CN1C(=O)S/C(=C\c2ccc(OCc3ccc4ccccc4c3)cc2)C1=O. The van der Waals surface area contributed by atoms with Crippen molar-refractivity contribution in [3.05, 3.63) is 82.8 Å². The highest BCUT2D eigenvalue weighted by molar-refractivity contribution is 8.18. The van der Waals surface area contributed by atoms with Gasteiger partial charge in [-0.25, -0.2) is 0 Å². The van der Waals surface area contributed by atoms with Gasteiger partial charge in [0.15, 0.2) is 0 Å². The van der Waals surface area contributed by atoms with Crippen LogP contribution in [0.3, 0.4) is 0 Å². The maximum atomic E-state index is 11.9. The summed E-state index contributed by atoms with van der Waals surface area (Å²) in [5, 5.41) is 2.16. The number of benzene rings is 3. The molecule has 1 fully saturated rings. The second-order valence-electron chi connectivity index (χ2n) is 6.28. The molecule has 134 valence electrons. The summed E-state index contributed by atoms with van der Waals surface area (Å²) in [5.41, 5.74) is 1.96. The smallest absolute Gasteiger partial charge is 0.293 e. The van der Waals surface area contributed by atoms with Crippen molar-refractivity contribution in [2.45, 2.75) is 6.61 Å². The molecule has 1 heterocycles. The molecule has 3 aromatic rings. The van der Waals surface area contributed by atoms with Crippen molar-refractivity contribution in [2.75, 3.05) is 7.05 Å². The maximum Gasteiger partial charge on any atom is 0.293 e. The van der Waals surface area contributed by atoms with Crippen LogP contribution in [0.5, 0.6) is 5.75 Å². The molecule has 2 amide bonds. The highest BCUT2D eigenvalue weighted by Gasteiger charge is 2.31. The zero-order chi connectivity index (χ0) is 18.8. The van der Waals surface area contributed by atoms with E-state index < -0.39 is 0 Å². The largest absolute Gasteiger partial charge is 0.489 e. The Kier molecular flexibility index (Phi) is 4.69. The number of hydrogen-bond acceptors (Lipinski definition) is 4. The van der Waals surface area contributed by atoms with E-state index in [2.05, 4.69) is 30.3 Å². The van der Waals surface area contributed by atoms with E-state index in [1.54, 1.807) is 6.08 Å². The summed E-state index contributed by atoms with van der Waals surface area (Å²) < 4.78 is 5.87. The summed E-state index contributed by atoms with van der Waals surface area (Å²) in [5.74, 6) is 0.491. The molecule has 0 saturated carbocycles. The van der Waals surface area contributed by atoms with Crippen LogP contribution in [-0.4, -0.2) is 23.1 Å². The number of amides is 2. The molecule has 0 N–H and O–H groups in total. The van der Waals surface area contributed by atoms with Crippen molar-refractivity contribution in [2.24, 2.45) is 0 Å². The van der Waals surface area contributed by atoms with Crippen LogP contribution >= 0.6 is 11.8 Å². The number of ether oxygens (including phenoxy) is 1. The van der Waals surface area contributed by atoms with E-state index in [-0.39, 0.29) is 11.1 Å². The van der Waals surface area contributed by atoms with Crippen LogP contribution in [0, 0.1) is 0 Å². The molecule has 0 aliphatic carbocycles.